The second-order valence-corrected chi connectivity index (χ2v) is 5.25. The first-order valence-electron chi connectivity index (χ1n) is 6.81. The standard InChI is InChI=1S/C17H18ClFO/c1-3-11-5-6-12(4-2)15(9-11)17(20)14-8-7-13(18)10-16(14)19/h5-10,17,20H,3-4H2,1-2H3. The van der Waals surface area contributed by atoms with Gasteiger partial charge in [-0.15, -0.1) is 0 Å². The largest absolute Gasteiger partial charge is 0.384 e. The minimum atomic E-state index is -0.964. The second kappa shape index (κ2) is 6.38. The monoisotopic (exact) mass is 292 g/mol. The lowest BCUT2D eigenvalue weighted by molar-refractivity contribution is 0.214. The van der Waals surface area contributed by atoms with Crippen LogP contribution < -0.4 is 0 Å². The Morgan fingerprint density at radius 1 is 1.05 bits per heavy atom. The number of halogens is 2. The summed E-state index contributed by atoms with van der Waals surface area (Å²) in [7, 11) is 0. The Labute approximate surface area is 124 Å². The van der Waals surface area contributed by atoms with E-state index in [1.807, 2.05) is 25.1 Å². The first-order valence-corrected chi connectivity index (χ1v) is 7.19. The highest BCUT2D eigenvalue weighted by Gasteiger charge is 2.18. The number of hydrogen-bond acceptors (Lipinski definition) is 1. The van der Waals surface area contributed by atoms with Crippen molar-refractivity contribution in [2.45, 2.75) is 32.8 Å². The van der Waals surface area contributed by atoms with Crippen molar-refractivity contribution >= 4 is 11.6 Å². The lowest BCUT2D eigenvalue weighted by Crippen LogP contribution is -2.06. The molecule has 0 saturated heterocycles. The maximum atomic E-state index is 14.0. The predicted molar refractivity (Wildman–Crippen MR) is 80.7 cm³/mol. The molecule has 2 aromatic rings. The van der Waals surface area contributed by atoms with E-state index >= 15 is 0 Å². The summed E-state index contributed by atoms with van der Waals surface area (Å²) in [5.74, 6) is -0.478. The molecule has 0 aliphatic heterocycles. The number of hydrogen-bond donors (Lipinski definition) is 1. The number of aliphatic hydroxyl groups excluding tert-OH is 1. The molecule has 0 saturated carbocycles. The van der Waals surface area contributed by atoms with Gasteiger partial charge in [0, 0.05) is 10.6 Å². The van der Waals surface area contributed by atoms with Crippen LogP contribution in [0.1, 0.15) is 42.2 Å². The molecule has 1 N–H and O–H groups in total. The van der Waals surface area contributed by atoms with Gasteiger partial charge < -0.3 is 5.11 Å². The van der Waals surface area contributed by atoms with Gasteiger partial charge in [-0.3, -0.25) is 0 Å². The van der Waals surface area contributed by atoms with E-state index in [9.17, 15) is 9.50 Å². The van der Waals surface area contributed by atoms with Crippen LogP contribution >= 0.6 is 11.6 Å². The van der Waals surface area contributed by atoms with Crippen LogP contribution in [0.5, 0.6) is 0 Å². The third kappa shape index (κ3) is 3.02. The van der Waals surface area contributed by atoms with Gasteiger partial charge in [0.1, 0.15) is 11.9 Å². The van der Waals surface area contributed by atoms with Crippen molar-refractivity contribution in [3.63, 3.8) is 0 Å². The van der Waals surface area contributed by atoms with E-state index in [-0.39, 0.29) is 5.56 Å². The van der Waals surface area contributed by atoms with Crippen LogP contribution in [0.4, 0.5) is 4.39 Å². The van der Waals surface area contributed by atoms with E-state index < -0.39 is 11.9 Å². The fraction of sp³-hybridized carbons (Fsp3) is 0.294. The zero-order chi connectivity index (χ0) is 14.7. The minimum Gasteiger partial charge on any atom is -0.384 e. The number of aliphatic hydroxyl groups is 1. The maximum absolute atomic E-state index is 14.0. The van der Waals surface area contributed by atoms with Crippen molar-refractivity contribution in [1.82, 2.24) is 0 Å². The van der Waals surface area contributed by atoms with E-state index in [4.69, 9.17) is 11.6 Å². The summed E-state index contributed by atoms with van der Waals surface area (Å²) in [4.78, 5) is 0. The van der Waals surface area contributed by atoms with Gasteiger partial charge in [0.05, 0.1) is 0 Å². The summed E-state index contributed by atoms with van der Waals surface area (Å²) in [5, 5.41) is 10.8. The fourth-order valence-corrected chi connectivity index (χ4v) is 2.49. The van der Waals surface area contributed by atoms with Crippen molar-refractivity contribution < 1.29 is 9.50 Å². The highest BCUT2D eigenvalue weighted by atomic mass is 35.5. The summed E-state index contributed by atoms with van der Waals surface area (Å²) < 4.78 is 14.0. The highest BCUT2D eigenvalue weighted by molar-refractivity contribution is 6.30. The zero-order valence-corrected chi connectivity index (χ0v) is 12.4. The molecule has 0 aromatic heterocycles. The third-order valence-electron chi connectivity index (χ3n) is 3.55. The summed E-state index contributed by atoms with van der Waals surface area (Å²) in [5.41, 5.74) is 3.19. The Kier molecular flexibility index (Phi) is 4.79. The molecule has 0 spiro atoms. The molecule has 0 fully saturated rings. The average molecular weight is 293 g/mol. The van der Waals surface area contributed by atoms with Crippen LogP contribution in [0, 0.1) is 5.82 Å². The Morgan fingerprint density at radius 2 is 1.80 bits per heavy atom. The quantitative estimate of drug-likeness (QED) is 0.867. The van der Waals surface area contributed by atoms with Crippen LogP contribution in [-0.4, -0.2) is 5.11 Å². The second-order valence-electron chi connectivity index (χ2n) is 4.81. The van der Waals surface area contributed by atoms with E-state index in [0.29, 0.717) is 5.02 Å². The SMILES string of the molecule is CCc1ccc(CC)c(C(O)c2ccc(Cl)cc2F)c1. The molecular formula is C17H18ClFO. The number of rotatable bonds is 4. The van der Waals surface area contributed by atoms with E-state index in [0.717, 1.165) is 29.5 Å². The smallest absolute Gasteiger partial charge is 0.130 e. The van der Waals surface area contributed by atoms with Gasteiger partial charge in [0.25, 0.3) is 0 Å². The van der Waals surface area contributed by atoms with Gasteiger partial charge in [-0.1, -0.05) is 49.7 Å². The highest BCUT2D eigenvalue weighted by Crippen LogP contribution is 2.29. The molecular weight excluding hydrogens is 275 g/mol. The minimum absolute atomic E-state index is 0.261. The Bertz CT molecular complexity index is 610. The van der Waals surface area contributed by atoms with Gasteiger partial charge >= 0.3 is 0 Å². The van der Waals surface area contributed by atoms with Crippen molar-refractivity contribution in [1.29, 1.82) is 0 Å². The first-order chi connectivity index (χ1) is 9.56. The van der Waals surface area contributed by atoms with Gasteiger partial charge in [-0.2, -0.15) is 0 Å². The molecule has 1 nitrogen and oxygen atoms in total. The van der Waals surface area contributed by atoms with Crippen LogP contribution in [0.15, 0.2) is 36.4 Å². The lowest BCUT2D eigenvalue weighted by Gasteiger charge is -2.17. The van der Waals surface area contributed by atoms with Gasteiger partial charge in [-0.05, 0) is 41.7 Å². The Balaban J connectivity index is 2.48. The van der Waals surface area contributed by atoms with Crippen molar-refractivity contribution in [2.75, 3.05) is 0 Å². The molecule has 2 rings (SSSR count). The molecule has 0 aliphatic carbocycles. The maximum Gasteiger partial charge on any atom is 0.130 e. The fourth-order valence-electron chi connectivity index (χ4n) is 2.33. The Hall–Kier alpha value is -1.38. The van der Waals surface area contributed by atoms with Crippen molar-refractivity contribution in [3.8, 4) is 0 Å². The Morgan fingerprint density at radius 3 is 2.40 bits per heavy atom. The summed E-state index contributed by atoms with van der Waals surface area (Å²) >= 11 is 5.75. The summed E-state index contributed by atoms with van der Waals surface area (Å²) in [6.07, 6.45) is 0.715. The summed E-state index contributed by atoms with van der Waals surface area (Å²) in [6.45, 7) is 4.08. The molecule has 1 unspecified atom stereocenters. The van der Waals surface area contributed by atoms with Crippen LogP contribution in [0.2, 0.25) is 5.02 Å². The molecule has 1 atom stereocenters. The molecule has 20 heavy (non-hydrogen) atoms. The number of aryl methyl sites for hydroxylation is 2. The van der Waals surface area contributed by atoms with Crippen molar-refractivity contribution in [2.24, 2.45) is 0 Å². The van der Waals surface area contributed by atoms with E-state index in [1.54, 1.807) is 12.1 Å². The lowest BCUT2D eigenvalue weighted by atomic mass is 9.93. The third-order valence-corrected chi connectivity index (χ3v) is 3.79. The van der Waals surface area contributed by atoms with Gasteiger partial charge in [-0.25, -0.2) is 4.39 Å². The topological polar surface area (TPSA) is 20.2 Å². The molecule has 106 valence electrons. The normalized spacial score (nSPS) is 12.4. The van der Waals surface area contributed by atoms with E-state index in [2.05, 4.69) is 6.92 Å². The first kappa shape index (κ1) is 15.0. The van der Waals surface area contributed by atoms with Crippen LogP contribution in [0.3, 0.4) is 0 Å². The number of benzene rings is 2. The molecule has 0 heterocycles. The molecule has 2 aromatic carbocycles. The molecule has 3 heteroatoms. The van der Waals surface area contributed by atoms with E-state index in [1.165, 1.54) is 6.07 Å². The molecule has 0 bridgehead atoms. The average Bonchev–Trinajstić information content (AvgIpc) is 2.46. The van der Waals surface area contributed by atoms with Gasteiger partial charge in [0.15, 0.2) is 0 Å². The van der Waals surface area contributed by atoms with Crippen LogP contribution in [-0.2, 0) is 12.8 Å². The molecule has 0 radical (unpaired) electrons. The predicted octanol–water partition coefficient (Wildman–Crippen LogP) is 4.69. The zero-order valence-electron chi connectivity index (χ0n) is 11.7. The van der Waals surface area contributed by atoms with Crippen molar-refractivity contribution in [3.05, 3.63) is 69.5 Å². The van der Waals surface area contributed by atoms with Crippen LogP contribution in [0.25, 0.3) is 0 Å². The molecule has 0 aliphatic rings. The summed E-state index contributed by atoms with van der Waals surface area (Å²) in [6, 6.07) is 10.4. The van der Waals surface area contributed by atoms with Gasteiger partial charge in [0.2, 0.25) is 0 Å². The molecule has 0 amide bonds.